The summed E-state index contributed by atoms with van der Waals surface area (Å²) in [4.78, 5) is 0. The molecule has 0 aliphatic carbocycles. The first-order chi connectivity index (χ1) is 7.75. The molecule has 0 spiro atoms. The zero-order valence-electron chi connectivity index (χ0n) is 10.4. The van der Waals surface area contributed by atoms with E-state index in [4.69, 9.17) is 4.74 Å². The molecule has 1 aliphatic rings. The molecule has 0 aromatic heterocycles. The lowest BCUT2D eigenvalue weighted by Gasteiger charge is -2.38. The van der Waals surface area contributed by atoms with Crippen LogP contribution in [0.4, 0.5) is 0 Å². The molecule has 1 heterocycles. The van der Waals surface area contributed by atoms with Crippen LogP contribution in [-0.4, -0.2) is 5.60 Å². The summed E-state index contributed by atoms with van der Waals surface area (Å²) < 4.78 is 6.25. The van der Waals surface area contributed by atoms with Crippen molar-refractivity contribution in [3.8, 4) is 5.75 Å². The second kappa shape index (κ2) is 4.32. The van der Waals surface area contributed by atoms with Gasteiger partial charge in [0, 0.05) is 5.56 Å². The van der Waals surface area contributed by atoms with Crippen LogP contribution in [0.3, 0.4) is 0 Å². The molecule has 1 nitrogen and oxygen atoms in total. The highest BCUT2D eigenvalue weighted by molar-refractivity contribution is 5.64. The molecule has 0 fully saturated rings. The number of para-hydroxylation sites is 1. The Labute approximate surface area is 98.1 Å². The molecule has 0 unspecified atom stereocenters. The monoisotopic (exact) mass is 216 g/mol. The summed E-state index contributed by atoms with van der Waals surface area (Å²) >= 11 is 0. The van der Waals surface area contributed by atoms with Gasteiger partial charge in [0.1, 0.15) is 11.4 Å². The number of benzene rings is 1. The molecule has 0 amide bonds. The molecule has 0 radical (unpaired) electrons. The van der Waals surface area contributed by atoms with Gasteiger partial charge in [-0.3, -0.25) is 0 Å². The van der Waals surface area contributed by atoms with Gasteiger partial charge in [-0.1, -0.05) is 39.0 Å². The number of fused-ring (bicyclic) bond motifs is 1. The van der Waals surface area contributed by atoms with E-state index in [1.165, 1.54) is 11.1 Å². The van der Waals surface area contributed by atoms with E-state index in [-0.39, 0.29) is 5.60 Å². The Morgan fingerprint density at radius 2 is 1.75 bits per heavy atom. The van der Waals surface area contributed by atoms with Crippen molar-refractivity contribution in [1.29, 1.82) is 0 Å². The van der Waals surface area contributed by atoms with Crippen molar-refractivity contribution in [2.24, 2.45) is 0 Å². The van der Waals surface area contributed by atoms with Crippen molar-refractivity contribution in [2.75, 3.05) is 0 Å². The summed E-state index contributed by atoms with van der Waals surface area (Å²) in [5.74, 6) is 1.03. The highest BCUT2D eigenvalue weighted by atomic mass is 16.5. The van der Waals surface area contributed by atoms with Gasteiger partial charge in [0.25, 0.3) is 0 Å². The average molecular weight is 216 g/mol. The lowest BCUT2D eigenvalue weighted by molar-refractivity contribution is 0.0924. The zero-order valence-corrected chi connectivity index (χ0v) is 10.4. The Bertz CT molecular complexity index is 400. The maximum absolute atomic E-state index is 6.25. The Morgan fingerprint density at radius 3 is 2.38 bits per heavy atom. The van der Waals surface area contributed by atoms with Gasteiger partial charge >= 0.3 is 0 Å². The second-order valence-corrected chi connectivity index (χ2v) is 4.36. The zero-order chi connectivity index (χ0) is 11.6. The molecule has 0 saturated carbocycles. The third-order valence-corrected chi connectivity index (χ3v) is 3.66. The molecule has 16 heavy (non-hydrogen) atoms. The smallest absolute Gasteiger partial charge is 0.130 e. The molecule has 1 aromatic carbocycles. The first kappa shape index (κ1) is 11.3. The standard InChI is InChI=1S/C15H20O/c1-4-13-11-12-9-7-8-10-14(12)16-15(13,5-2)6-3/h7-11H,4-6H2,1-3H3. The predicted octanol–water partition coefficient (Wildman–Crippen LogP) is 4.43. The van der Waals surface area contributed by atoms with Crippen LogP contribution in [0.5, 0.6) is 5.75 Å². The molecule has 0 saturated heterocycles. The van der Waals surface area contributed by atoms with Crippen molar-refractivity contribution in [3.05, 3.63) is 35.4 Å². The fraction of sp³-hybridized carbons (Fsp3) is 0.467. The van der Waals surface area contributed by atoms with Gasteiger partial charge in [-0.05, 0) is 37.0 Å². The van der Waals surface area contributed by atoms with E-state index in [0.717, 1.165) is 25.0 Å². The fourth-order valence-corrected chi connectivity index (χ4v) is 2.56. The van der Waals surface area contributed by atoms with Gasteiger partial charge in [0.2, 0.25) is 0 Å². The molecule has 1 aliphatic heterocycles. The van der Waals surface area contributed by atoms with E-state index in [9.17, 15) is 0 Å². The average Bonchev–Trinajstić information content (AvgIpc) is 2.36. The van der Waals surface area contributed by atoms with Crippen LogP contribution >= 0.6 is 0 Å². The number of rotatable bonds is 3. The van der Waals surface area contributed by atoms with Crippen LogP contribution in [0.2, 0.25) is 0 Å². The minimum Gasteiger partial charge on any atom is -0.482 e. The van der Waals surface area contributed by atoms with Crippen LogP contribution in [0.1, 0.15) is 45.6 Å². The van der Waals surface area contributed by atoms with E-state index < -0.39 is 0 Å². The van der Waals surface area contributed by atoms with Crippen LogP contribution < -0.4 is 4.74 Å². The summed E-state index contributed by atoms with van der Waals surface area (Å²) in [6.07, 6.45) is 5.46. The second-order valence-electron chi connectivity index (χ2n) is 4.36. The summed E-state index contributed by atoms with van der Waals surface area (Å²) in [6, 6.07) is 8.30. The van der Waals surface area contributed by atoms with Gasteiger partial charge in [-0.15, -0.1) is 0 Å². The first-order valence-electron chi connectivity index (χ1n) is 6.24. The Morgan fingerprint density at radius 1 is 1.06 bits per heavy atom. The van der Waals surface area contributed by atoms with Gasteiger partial charge < -0.3 is 4.74 Å². The molecule has 0 atom stereocenters. The van der Waals surface area contributed by atoms with E-state index in [1.54, 1.807) is 0 Å². The fourth-order valence-electron chi connectivity index (χ4n) is 2.56. The topological polar surface area (TPSA) is 9.23 Å². The third kappa shape index (κ3) is 1.64. The first-order valence-corrected chi connectivity index (χ1v) is 6.24. The van der Waals surface area contributed by atoms with Crippen molar-refractivity contribution in [2.45, 2.75) is 45.6 Å². The predicted molar refractivity (Wildman–Crippen MR) is 68.7 cm³/mol. The summed E-state index contributed by atoms with van der Waals surface area (Å²) in [5, 5.41) is 0. The minimum atomic E-state index is -0.0664. The quantitative estimate of drug-likeness (QED) is 0.726. The molecular formula is C15H20O. The molecule has 1 heteroatoms. The van der Waals surface area contributed by atoms with Gasteiger partial charge in [-0.2, -0.15) is 0 Å². The van der Waals surface area contributed by atoms with Crippen molar-refractivity contribution in [3.63, 3.8) is 0 Å². The van der Waals surface area contributed by atoms with Gasteiger partial charge in [-0.25, -0.2) is 0 Å². The molecular weight excluding hydrogens is 196 g/mol. The molecule has 2 rings (SSSR count). The lowest BCUT2D eigenvalue weighted by Crippen LogP contribution is -2.38. The molecule has 86 valence electrons. The summed E-state index contributed by atoms with van der Waals surface area (Å²) in [5.41, 5.74) is 2.58. The van der Waals surface area contributed by atoms with Gasteiger partial charge in [0.05, 0.1) is 0 Å². The third-order valence-electron chi connectivity index (χ3n) is 3.66. The highest BCUT2D eigenvalue weighted by Gasteiger charge is 2.35. The normalized spacial score (nSPS) is 17.3. The largest absolute Gasteiger partial charge is 0.482 e. The Balaban J connectivity index is 2.49. The lowest BCUT2D eigenvalue weighted by atomic mass is 9.83. The van der Waals surface area contributed by atoms with E-state index in [2.05, 4.69) is 45.0 Å². The number of hydrogen-bond donors (Lipinski definition) is 0. The van der Waals surface area contributed by atoms with Crippen molar-refractivity contribution >= 4 is 6.08 Å². The minimum absolute atomic E-state index is 0.0664. The van der Waals surface area contributed by atoms with Crippen molar-refractivity contribution in [1.82, 2.24) is 0 Å². The number of hydrogen-bond acceptors (Lipinski definition) is 1. The van der Waals surface area contributed by atoms with Crippen LogP contribution in [-0.2, 0) is 0 Å². The molecule has 0 N–H and O–H groups in total. The van der Waals surface area contributed by atoms with Crippen LogP contribution in [0.15, 0.2) is 29.8 Å². The highest BCUT2D eigenvalue weighted by Crippen LogP contribution is 2.40. The molecule has 0 bridgehead atoms. The van der Waals surface area contributed by atoms with E-state index in [0.29, 0.717) is 0 Å². The van der Waals surface area contributed by atoms with Crippen molar-refractivity contribution < 1.29 is 4.74 Å². The van der Waals surface area contributed by atoms with Crippen LogP contribution in [0.25, 0.3) is 6.08 Å². The Kier molecular flexibility index (Phi) is 3.04. The number of ether oxygens (including phenoxy) is 1. The SMILES string of the molecule is CCC1=Cc2ccccc2OC1(CC)CC. The van der Waals surface area contributed by atoms with Gasteiger partial charge in [0.15, 0.2) is 0 Å². The Hall–Kier alpha value is -1.24. The summed E-state index contributed by atoms with van der Waals surface area (Å²) in [7, 11) is 0. The maximum Gasteiger partial charge on any atom is 0.130 e. The molecule has 1 aromatic rings. The summed E-state index contributed by atoms with van der Waals surface area (Å²) in [6.45, 7) is 6.63. The van der Waals surface area contributed by atoms with E-state index >= 15 is 0 Å². The van der Waals surface area contributed by atoms with E-state index in [1.807, 2.05) is 6.07 Å². The van der Waals surface area contributed by atoms with Crippen LogP contribution in [0, 0.1) is 0 Å². The maximum atomic E-state index is 6.25.